The SMILES string of the molecule is COc1cc(Nc2ccc(OC)c(Br)c2)cc([N+](=O)[O-])c1. The molecule has 0 saturated carbocycles. The molecular formula is C14H13BrN2O4. The molecule has 0 spiro atoms. The highest BCUT2D eigenvalue weighted by atomic mass is 79.9. The Morgan fingerprint density at radius 2 is 1.86 bits per heavy atom. The number of halogens is 1. The van der Waals surface area contributed by atoms with Gasteiger partial charge in [0.25, 0.3) is 5.69 Å². The summed E-state index contributed by atoms with van der Waals surface area (Å²) < 4.78 is 11.0. The van der Waals surface area contributed by atoms with Crippen LogP contribution in [0.15, 0.2) is 40.9 Å². The van der Waals surface area contributed by atoms with Crippen LogP contribution in [0.3, 0.4) is 0 Å². The predicted octanol–water partition coefficient (Wildman–Crippen LogP) is 4.12. The Hall–Kier alpha value is -2.28. The van der Waals surface area contributed by atoms with E-state index >= 15 is 0 Å². The van der Waals surface area contributed by atoms with Crippen LogP contribution in [0.2, 0.25) is 0 Å². The number of nitro benzene ring substituents is 1. The summed E-state index contributed by atoms with van der Waals surface area (Å²) >= 11 is 3.39. The molecule has 0 unspecified atom stereocenters. The molecule has 2 aromatic carbocycles. The lowest BCUT2D eigenvalue weighted by molar-refractivity contribution is -0.384. The van der Waals surface area contributed by atoms with Gasteiger partial charge in [-0.1, -0.05) is 0 Å². The Balaban J connectivity index is 2.32. The standard InChI is InChI=1S/C14H13BrN2O4/c1-20-12-6-10(5-11(8-12)17(18)19)16-9-3-4-14(21-2)13(15)7-9/h3-8,16H,1-2H3. The number of nitro groups is 1. The van der Waals surface area contributed by atoms with Crippen LogP contribution >= 0.6 is 15.9 Å². The molecule has 2 rings (SSSR count). The van der Waals surface area contributed by atoms with Crippen molar-refractivity contribution in [2.24, 2.45) is 0 Å². The highest BCUT2D eigenvalue weighted by molar-refractivity contribution is 9.10. The fraction of sp³-hybridized carbons (Fsp3) is 0.143. The normalized spacial score (nSPS) is 10.0. The molecular weight excluding hydrogens is 340 g/mol. The summed E-state index contributed by atoms with van der Waals surface area (Å²) in [5.41, 5.74) is 1.30. The van der Waals surface area contributed by atoms with Gasteiger partial charge in [0, 0.05) is 23.5 Å². The maximum Gasteiger partial charge on any atom is 0.275 e. The average Bonchev–Trinajstić information content (AvgIpc) is 2.47. The van der Waals surface area contributed by atoms with Gasteiger partial charge in [0.05, 0.1) is 29.7 Å². The Morgan fingerprint density at radius 1 is 1.10 bits per heavy atom. The summed E-state index contributed by atoms with van der Waals surface area (Å²) in [6, 6.07) is 9.93. The van der Waals surface area contributed by atoms with E-state index in [1.54, 1.807) is 19.2 Å². The molecule has 6 nitrogen and oxygen atoms in total. The van der Waals surface area contributed by atoms with Crippen LogP contribution < -0.4 is 14.8 Å². The van der Waals surface area contributed by atoms with Crippen molar-refractivity contribution in [3.05, 3.63) is 51.0 Å². The van der Waals surface area contributed by atoms with Gasteiger partial charge in [0.1, 0.15) is 11.5 Å². The van der Waals surface area contributed by atoms with E-state index in [0.29, 0.717) is 17.2 Å². The van der Waals surface area contributed by atoms with Crippen LogP contribution in [0.1, 0.15) is 0 Å². The third kappa shape index (κ3) is 3.63. The number of non-ortho nitro benzene ring substituents is 1. The molecule has 0 amide bonds. The molecule has 0 atom stereocenters. The van der Waals surface area contributed by atoms with Gasteiger partial charge < -0.3 is 14.8 Å². The summed E-state index contributed by atoms with van der Waals surface area (Å²) in [7, 11) is 3.05. The number of benzene rings is 2. The van der Waals surface area contributed by atoms with Crippen molar-refractivity contribution in [2.45, 2.75) is 0 Å². The van der Waals surface area contributed by atoms with Crippen LogP contribution in [0, 0.1) is 10.1 Å². The minimum absolute atomic E-state index is 0.0376. The van der Waals surface area contributed by atoms with Crippen LogP contribution in [-0.2, 0) is 0 Å². The second-order valence-corrected chi connectivity index (χ2v) is 5.01. The van der Waals surface area contributed by atoms with Gasteiger partial charge in [0.15, 0.2) is 0 Å². The van der Waals surface area contributed by atoms with Crippen LogP contribution in [0.5, 0.6) is 11.5 Å². The Bertz CT molecular complexity index is 676. The lowest BCUT2D eigenvalue weighted by Gasteiger charge is -2.10. The largest absolute Gasteiger partial charge is 0.496 e. The first-order valence-corrected chi connectivity index (χ1v) is 6.77. The number of rotatable bonds is 5. The quantitative estimate of drug-likeness (QED) is 0.647. The summed E-state index contributed by atoms with van der Waals surface area (Å²) in [5, 5.41) is 14.0. The molecule has 110 valence electrons. The van der Waals surface area contributed by atoms with E-state index in [-0.39, 0.29) is 5.69 Å². The van der Waals surface area contributed by atoms with Crippen LogP contribution in [-0.4, -0.2) is 19.1 Å². The van der Waals surface area contributed by atoms with Crippen molar-refractivity contribution >= 4 is 33.0 Å². The summed E-state index contributed by atoms with van der Waals surface area (Å²) in [6.07, 6.45) is 0. The molecule has 0 saturated heterocycles. The minimum Gasteiger partial charge on any atom is -0.496 e. The second-order valence-electron chi connectivity index (χ2n) is 4.15. The number of methoxy groups -OCH3 is 2. The third-order valence-corrected chi connectivity index (χ3v) is 3.40. The van der Waals surface area contributed by atoms with E-state index in [2.05, 4.69) is 21.2 Å². The number of hydrogen-bond acceptors (Lipinski definition) is 5. The molecule has 0 aliphatic heterocycles. The van der Waals surface area contributed by atoms with Gasteiger partial charge in [-0.05, 0) is 34.1 Å². The maximum atomic E-state index is 10.9. The molecule has 0 aliphatic carbocycles. The minimum atomic E-state index is -0.461. The topological polar surface area (TPSA) is 73.6 Å². The Kier molecular flexibility index (Phi) is 4.64. The summed E-state index contributed by atoms with van der Waals surface area (Å²) in [4.78, 5) is 10.4. The van der Waals surface area contributed by atoms with Gasteiger partial charge in [0.2, 0.25) is 0 Å². The number of anilines is 2. The van der Waals surface area contributed by atoms with E-state index < -0.39 is 4.92 Å². The zero-order chi connectivity index (χ0) is 15.4. The molecule has 2 aromatic rings. The van der Waals surface area contributed by atoms with Crippen molar-refractivity contribution < 1.29 is 14.4 Å². The van der Waals surface area contributed by atoms with Crippen molar-refractivity contribution in [1.82, 2.24) is 0 Å². The maximum absolute atomic E-state index is 10.9. The van der Waals surface area contributed by atoms with Gasteiger partial charge in [-0.3, -0.25) is 10.1 Å². The lowest BCUT2D eigenvalue weighted by atomic mass is 10.2. The molecule has 0 bridgehead atoms. The number of ether oxygens (including phenoxy) is 2. The summed E-state index contributed by atoms with van der Waals surface area (Å²) in [5.74, 6) is 1.12. The fourth-order valence-corrected chi connectivity index (χ4v) is 2.33. The first-order valence-electron chi connectivity index (χ1n) is 5.97. The molecule has 1 N–H and O–H groups in total. The lowest BCUT2D eigenvalue weighted by Crippen LogP contribution is -1.95. The van der Waals surface area contributed by atoms with Crippen molar-refractivity contribution in [2.75, 3.05) is 19.5 Å². The zero-order valence-electron chi connectivity index (χ0n) is 11.4. The predicted molar refractivity (Wildman–Crippen MR) is 83.6 cm³/mol. The molecule has 0 aliphatic rings. The van der Waals surface area contributed by atoms with Gasteiger partial charge in [-0.25, -0.2) is 0 Å². The molecule has 0 heterocycles. The second kappa shape index (κ2) is 6.45. The van der Waals surface area contributed by atoms with Crippen molar-refractivity contribution in [3.8, 4) is 11.5 Å². The molecule has 0 radical (unpaired) electrons. The highest BCUT2D eigenvalue weighted by Gasteiger charge is 2.11. The highest BCUT2D eigenvalue weighted by Crippen LogP contribution is 2.31. The molecule has 7 heteroatoms. The van der Waals surface area contributed by atoms with E-state index in [1.165, 1.54) is 19.2 Å². The average molecular weight is 353 g/mol. The Labute approximate surface area is 130 Å². The van der Waals surface area contributed by atoms with Crippen LogP contribution in [0.4, 0.5) is 17.1 Å². The van der Waals surface area contributed by atoms with Crippen molar-refractivity contribution in [3.63, 3.8) is 0 Å². The van der Waals surface area contributed by atoms with E-state index in [9.17, 15) is 10.1 Å². The molecule has 21 heavy (non-hydrogen) atoms. The molecule has 0 aromatic heterocycles. The third-order valence-electron chi connectivity index (χ3n) is 2.78. The van der Waals surface area contributed by atoms with Gasteiger partial charge in [-0.2, -0.15) is 0 Å². The number of nitrogens with zero attached hydrogens (tertiary/aromatic N) is 1. The van der Waals surface area contributed by atoms with Crippen molar-refractivity contribution in [1.29, 1.82) is 0 Å². The smallest absolute Gasteiger partial charge is 0.275 e. The van der Waals surface area contributed by atoms with Gasteiger partial charge >= 0.3 is 0 Å². The monoisotopic (exact) mass is 352 g/mol. The molecule has 0 fully saturated rings. The van der Waals surface area contributed by atoms with Gasteiger partial charge in [-0.15, -0.1) is 0 Å². The fourth-order valence-electron chi connectivity index (χ4n) is 1.79. The Morgan fingerprint density at radius 3 is 2.43 bits per heavy atom. The first kappa shape index (κ1) is 15.1. The van der Waals surface area contributed by atoms with E-state index in [4.69, 9.17) is 9.47 Å². The number of hydrogen-bond donors (Lipinski definition) is 1. The van der Waals surface area contributed by atoms with E-state index in [1.807, 2.05) is 12.1 Å². The first-order chi connectivity index (χ1) is 10.0. The van der Waals surface area contributed by atoms with E-state index in [0.717, 1.165) is 10.2 Å². The van der Waals surface area contributed by atoms with Crippen LogP contribution in [0.25, 0.3) is 0 Å². The zero-order valence-corrected chi connectivity index (χ0v) is 13.0. The summed E-state index contributed by atoms with van der Waals surface area (Å²) in [6.45, 7) is 0. The number of nitrogens with one attached hydrogen (secondary N) is 1.